The van der Waals surface area contributed by atoms with Crippen molar-refractivity contribution in [2.75, 3.05) is 7.11 Å². The van der Waals surface area contributed by atoms with Gasteiger partial charge in [0.25, 0.3) is 11.5 Å². The van der Waals surface area contributed by atoms with Crippen LogP contribution in [-0.2, 0) is 28.7 Å². The van der Waals surface area contributed by atoms with E-state index < -0.39 is 40.8 Å². The van der Waals surface area contributed by atoms with Crippen molar-refractivity contribution in [3.05, 3.63) is 152 Å². The Morgan fingerprint density at radius 3 is 2.26 bits per heavy atom. The van der Waals surface area contributed by atoms with E-state index in [4.69, 9.17) is 9.47 Å². The number of ether oxygens (including phenoxy) is 2. The van der Waals surface area contributed by atoms with Gasteiger partial charge in [0.2, 0.25) is 0 Å². The number of halogens is 3. The summed E-state index contributed by atoms with van der Waals surface area (Å²) in [4.78, 5) is 39.0. The van der Waals surface area contributed by atoms with Crippen LogP contribution in [0.15, 0.2) is 108 Å². The van der Waals surface area contributed by atoms with Crippen molar-refractivity contribution in [2.45, 2.75) is 39.0 Å². The van der Waals surface area contributed by atoms with Crippen LogP contribution < -0.4 is 15.6 Å². The SMILES string of the molecule is COC(=O)C(Cc1ccccc1)NC(=O)c1cccc(Oc2ccc(-c3cc(C(F)(F)F)c(C#N)c(=O)n3Cc3ccc(C)cc3C)cc2)c1. The molecule has 0 spiro atoms. The van der Waals surface area contributed by atoms with Gasteiger partial charge < -0.3 is 19.4 Å². The van der Waals surface area contributed by atoms with Crippen molar-refractivity contribution in [1.29, 1.82) is 5.26 Å². The highest BCUT2D eigenvalue weighted by atomic mass is 19.4. The second-order valence-corrected chi connectivity index (χ2v) is 11.6. The summed E-state index contributed by atoms with van der Waals surface area (Å²) in [5.41, 5.74) is 0.512. The molecule has 1 unspecified atom stereocenters. The molecule has 8 nitrogen and oxygen atoms in total. The average molecular weight is 680 g/mol. The summed E-state index contributed by atoms with van der Waals surface area (Å²) in [6.45, 7) is 3.69. The average Bonchev–Trinajstić information content (AvgIpc) is 3.09. The highest BCUT2D eigenvalue weighted by molar-refractivity contribution is 5.97. The zero-order chi connectivity index (χ0) is 36.0. The summed E-state index contributed by atoms with van der Waals surface area (Å²) in [5, 5.41) is 12.3. The molecule has 50 heavy (non-hydrogen) atoms. The lowest BCUT2D eigenvalue weighted by Gasteiger charge is -2.19. The molecule has 1 atom stereocenters. The number of benzene rings is 4. The molecule has 0 saturated carbocycles. The lowest BCUT2D eigenvalue weighted by Crippen LogP contribution is -2.43. The number of carbonyl (C=O) groups excluding carboxylic acids is 2. The predicted molar refractivity (Wildman–Crippen MR) is 181 cm³/mol. The number of amides is 1. The molecule has 0 radical (unpaired) electrons. The number of esters is 1. The Kier molecular flexibility index (Phi) is 10.5. The molecule has 254 valence electrons. The molecule has 0 aliphatic carbocycles. The number of methoxy groups -OCH3 is 1. The van der Waals surface area contributed by atoms with Crippen LogP contribution in [0.5, 0.6) is 11.5 Å². The Balaban J connectivity index is 1.41. The maximum absolute atomic E-state index is 14.0. The molecule has 0 fully saturated rings. The minimum Gasteiger partial charge on any atom is -0.467 e. The van der Waals surface area contributed by atoms with Gasteiger partial charge in [0.1, 0.15) is 29.2 Å². The van der Waals surface area contributed by atoms with Crippen molar-refractivity contribution in [3.63, 3.8) is 0 Å². The van der Waals surface area contributed by atoms with Gasteiger partial charge in [-0.1, -0.05) is 60.2 Å². The first kappa shape index (κ1) is 35.2. The van der Waals surface area contributed by atoms with E-state index in [0.29, 0.717) is 11.3 Å². The van der Waals surface area contributed by atoms with E-state index in [2.05, 4.69) is 5.32 Å². The number of alkyl halides is 3. The van der Waals surface area contributed by atoms with E-state index in [1.54, 1.807) is 24.3 Å². The molecule has 0 aliphatic heterocycles. The van der Waals surface area contributed by atoms with Crippen LogP contribution in [0.3, 0.4) is 0 Å². The molecule has 0 aliphatic rings. The van der Waals surface area contributed by atoms with E-state index in [9.17, 15) is 32.8 Å². The number of rotatable bonds is 10. The topological polar surface area (TPSA) is 110 Å². The smallest absolute Gasteiger partial charge is 0.417 e. The number of nitrogens with zero attached hydrogens (tertiary/aromatic N) is 2. The van der Waals surface area contributed by atoms with Gasteiger partial charge in [-0.25, -0.2) is 4.79 Å². The van der Waals surface area contributed by atoms with Gasteiger partial charge >= 0.3 is 12.1 Å². The zero-order valence-electron chi connectivity index (χ0n) is 27.4. The molecule has 1 aromatic heterocycles. The van der Waals surface area contributed by atoms with Gasteiger partial charge in [-0.15, -0.1) is 0 Å². The Hall–Kier alpha value is -6.15. The largest absolute Gasteiger partial charge is 0.467 e. The molecule has 0 saturated heterocycles. The van der Waals surface area contributed by atoms with E-state index in [0.717, 1.165) is 22.8 Å². The number of aromatic nitrogens is 1. The Morgan fingerprint density at radius 1 is 0.900 bits per heavy atom. The summed E-state index contributed by atoms with van der Waals surface area (Å²) >= 11 is 0. The summed E-state index contributed by atoms with van der Waals surface area (Å²) in [7, 11) is 1.24. The third kappa shape index (κ3) is 8.10. The molecule has 1 heterocycles. The third-order valence-electron chi connectivity index (χ3n) is 8.10. The molecule has 0 bridgehead atoms. The van der Waals surface area contributed by atoms with Crippen LogP contribution >= 0.6 is 0 Å². The molecule has 11 heteroatoms. The van der Waals surface area contributed by atoms with Crippen LogP contribution in [0.2, 0.25) is 0 Å². The fourth-order valence-electron chi connectivity index (χ4n) is 5.53. The van der Waals surface area contributed by atoms with Gasteiger partial charge in [-0.2, -0.15) is 18.4 Å². The molecule has 5 aromatic rings. The van der Waals surface area contributed by atoms with Crippen LogP contribution in [0, 0.1) is 25.2 Å². The first-order valence-corrected chi connectivity index (χ1v) is 15.5. The van der Waals surface area contributed by atoms with Gasteiger partial charge in [-0.05, 0) is 84.6 Å². The number of pyridine rings is 1. The van der Waals surface area contributed by atoms with Gasteiger partial charge in [0.05, 0.1) is 24.9 Å². The third-order valence-corrected chi connectivity index (χ3v) is 8.10. The predicted octanol–water partition coefficient (Wildman–Crippen LogP) is 7.38. The first-order chi connectivity index (χ1) is 23.9. The highest BCUT2D eigenvalue weighted by Crippen LogP contribution is 2.34. The standard InChI is InChI=1S/C39H32F3N3O5/c1-24-12-13-29(25(2)18-24)23-45-35(21-33(39(40,41)42)32(22-43)37(45)47)27-14-16-30(17-15-27)50-31-11-7-10-28(20-31)36(46)44-34(38(48)49-3)19-26-8-5-4-6-9-26/h4-18,20-21,34H,19,23H2,1-3H3,(H,44,46). The second kappa shape index (κ2) is 15.0. The maximum Gasteiger partial charge on any atom is 0.417 e. The lowest BCUT2D eigenvalue weighted by atomic mass is 10.0. The van der Waals surface area contributed by atoms with Crippen molar-refractivity contribution in [3.8, 4) is 28.8 Å². The van der Waals surface area contributed by atoms with Crippen LogP contribution in [-0.4, -0.2) is 29.6 Å². The van der Waals surface area contributed by atoms with Crippen LogP contribution in [0.25, 0.3) is 11.3 Å². The Labute approximate surface area is 286 Å². The highest BCUT2D eigenvalue weighted by Gasteiger charge is 2.36. The van der Waals surface area contributed by atoms with Crippen molar-refractivity contribution in [1.82, 2.24) is 9.88 Å². The molecule has 1 N–H and O–H groups in total. The van der Waals surface area contributed by atoms with Crippen LogP contribution in [0.1, 0.15) is 43.7 Å². The molecule has 4 aromatic carbocycles. The van der Waals surface area contributed by atoms with Gasteiger partial charge in [0.15, 0.2) is 0 Å². The number of carbonyl (C=O) groups is 2. The molecule has 1 amide bonds. The number of aryl methyl sites for hydroxylation is 2. The van der Waals surface area contributed by atoms with Crippen molar-refractivity contribution < 1.29 is 32.2 Å². The Morgan fingerprint density at radius 2 is 1.62 bits per heavy atom. The van der Waals surface area contributed by atoms with Gasteiger partial charge in [-0.3, -0.25) is 9.59 Å². The summed E-state index contributed by atoms with van der Waals surface area (Å²) < 4.78 is 54.1. The Bertz CT molecular complexity index is 2140. The summed E-state index contributed by atoms with van der Waals surface area (Å²) in [5.74, 6) is -0.540. The number of nitrogens with one attached hydrogen (secondary N) is 1. The minimum absolute atomic E-state index is 0.0258. The quantitative estimate of drug-likeness (QED) is 0.154. The normalized spacial score (nSPS) is 11.7. The number of hydrogen-bond acceptors (Lipinski definition) is 6. The van der Waals surface area contributed by atoms with Crippen LogP contribution in [0.4, 0.5) is 13.2 Å². The lowest BCUT2D eigenvalue weighted by molar-refractivity contribution is -0.143. The minimum atomic E-state index is -4.93. The fourth-order valence-corrected chi connectivity index (χ4v) is 5.53. The van der Waals surface area contributed by atoms with E-state index in [-0.39, 0.29) is 35.5 Å². The maximum atomic E-state index is 14.0. The molecular formula is C39H32F3N3O5. The number of nitriles is 1. The zero-order valence-corrected chi connectivity index (χ0v) is 27.4. The molecule has 5 rings (SSSR count). The van der Waals surface area contributed by atoms with Crippen molar-refractivity contribution in [2.24, 2.45) is 0 Å². The number of hydrogen-bond donors (Lipinski definition) is 1. The van der Waals surface area contributed by atoms with E-state index >= 15 is 0 Å². The van der Waals surface area contributed by atoms with Gasteiger partial charge in [0, 0.05) is 12.0 Å². The van der Waals surface area contributed by atoms with E-state index in [1.807, 2.05) is 56.3 Å². The summed E-state index contributed by atoms with van der Waals surface area (Å²) in [6, 6.07) is 28.4. The summed E-state index contributed by atoms with van der Waals surface area (Å²) in [6.07, 6.45) is -4.71. The van der Waals surface area contributed by atoms with E-state index in [1.165, 1.54) is 48.1 Å². The van der Waals surface area contributed by atoms with Crippen molar-refractivity contribution >= 4 is 11.9 Å². The monoisotopic (exact) mass is 679 g/mol. The fraction of sp³-hybridized carbons (Fsp3) is 0.179. The second-order valence-electron chi connectivity index (χ2n) is 11.6. The first-order valence-electron chi connectivity index (χ1n) is 15.5. The molecular weight excluding hydrogens is 647 g/mol.